The number of benzene rings is 1. The highest BCUT2D eigenvalue weighted by atomic mass is 19.1. The van der Waals surface area contributed by atoms with Crippen molar-refractivity contribution in [3.8, 4) is 0 Å². The number of aryl methyl sites for hydroxylation is 1. The van der Waals surface area contributed by atoms with Gasteiger partial charge in [-0.15, -0.1) is 0 Å². The predicted molar refractivity (Wildman–Crippen MR) is 163 cm³/mol. The van der Waals surface area contributed by atoms with Crippen LogP contribution in [0.3, 0.4) is 0 Å². The van der Waals surface area contributed by atoms with Crippen molar-refractivity contribution < 1.29 is 28.3 Å². The van der Waals surface area contributed by atoms with Crippen molar-refractivity contribution >= 4 is 29.3 Å². The van der Waals surface area contributed by atoms with E-state index >= 15 is 4.39 Å². The molecule has 0 unspecified atom stereocenters. The lowest BCUT2D eigenvalue weighted by molar-refractivity contribution is -0.130. The monoisotopic (exact) mass is 612 g/mol. The number of halogens is 1. The zero-order valence-electron chi connectivity index (χ0n) is 25.9. The Bertz CT molecular complexity index is 1300. The van der Waals surface area contributed by atoms with Crippen LogP contribution < -0.4 is 21.3 Å². The Morgan fingerprint density at radius 1 is 1.00 bits per heavy atom. The van der Waals surface area contributed by atoms with Crippen molar-refractivity contribution in [2.45, 2.75) is 103 Å². The molecule has 1 aromatic heterocycles. The van der Waals surface area contributed by atoms with Gasteiger partial charge in [0.2, 0.25) is 17.7 Å². The van der Waals surface area contributed by atoms with E-state index in [4.69, 9.17) is 4.74 Å². The smallest absolute Gasteiger partial charge is 0.270 e. The SMILES string of the molecule is CCC(=O)N[C@H](C(=O)NC1CCOCC1)[C@@H](C)c1ccc(NC(=O)[C@@H](NC(=O)c2ccnn2CC)C2CCCCC2)c(F)c1. The molecule has 0 bridgehead atoms. The number of anilines is 1. The minimum Gasteiger partial charge on any atom is -0.381 e. The van der Waals surface area contributed by atoms with Crippen LogP contribution in [0.5, 0.6) is 0 Å². The van der Waals surface area contributed by atoms with Gasteiger partial charge in [-0.05, 0) is 62.3 Å². The molecule has 44 heavy (non-hydrogen) atoms. The Morgan fingerprint density at radius 2 is 1.73 bits per heavy atom. The average molecular weight is 613 g/mol. The number of hydrogen-bond donors (Lipinski definition) is 4. The fourth-order valence-corrected chi connectivity index (χ4v) is 6.00. The summed E-state index contributed by atoms with van der Waals surface area (Å²) < 4.78 is 22.4. The van der Waals surface area contributed by atoms with Crippen LogP contribution in [-0.2, 0) is 25.7 Å². The number of rotatable bonds is 12. The molecular formula is C32H45FN6O5. The number of hydrogen-bond acceptors (Lipinski definition) is 6. The van der Waals surface area contributed by atoms with E-state index in [1.165, 1.54) is 12.1 Å². The maximum absolute atomic E-state index is 15.5. The topological polar surface area (TPSA) is 143 Å². The number of ether oxygens (including phenoxy) is 1. The quantitative estimate of drug-likeness (QED) is 0.288. The highest BCUT2D eigenvalue weighted by molar-refractivity contribution is 6.00. The van der Waals surface area contributed by atoms with Crippen LogP contribution in [-0.4, -0.2) is 64.7 Å². The van der Waals surface area contributed by atoms with Gasteiger partial charge in [-0.2, -0.15) is 5.10 Å². The summed E-state index contributed by atoms with van der Waals surface area (Å²) >= 11 is 0. The summed E-state index contributed by atoms with van der Waals surface area (Å²) in [5.41, 5.74) is 0.825. The molecule has 2 aromatic rings. The van der Waals surface area contributed by atoms with Gasteiger partial charge in [0.15, 0.2) is 0 Å². The van der Waals surface area contributed by atoms with E-state index in [2.05, 4.69) is 26.4 Å². The van der Waals surface area contributed by atoms with Crippen molar-refractivity contribution in [3.05, 3.63) is 47.5 Å². The summed E-state index contributed by atoms with van der Waals surface area (Å²) in [5, 5.41) is 15.5. The molecule has 4 rings (SSSR count). The minimum atomic E-state index is -0.910. The number of amides is 4. The van der Waals surface area contributed by atoms with Gasteiger partial charge in [0.25, 0.3) is 5.91 Å². The Hall–Kier alpha value is -3.80. The molecule has 1 aliphatic heterocycles. The Balaban J connectivity index is 1.49. The average Bonchev–Trinajstić information content (AvgIpc) is 3.53. The van der Waals surface area contributed by atoms with E-state index < -0.39 is 35.6 Å². The van der Waals surface area contributed by atoms with E-state index in [0.29, 0.717) is 43.9 Å². The standard InChI is InChI=1S/C32H45FN6O5/c1-4-27(40)37-28(31(42)35-23-14-17-44-18-15-23)20(3)22-11-12-25(24(33)19-22)36-32(43)29(21-9-7-6-8-10-21)38-30(41)26-13-16-34-39(26)5-2/h11-13,16,19-21,23,28-29H,4-10,14-15,17-18H2,1-3H3,(H,35,42)(H,36,43)(H,37,40)(H,38,41)/t20-,28-,29-/m0/s1. The minimum absolute atomic E-state index is 0.0274. The van der Waals surface area contributed by atoms with Crippen LogP contribution in [0.15, 0.2) is 30.5 Å². The summed E-state index contributed by atoms with van der Waals surface area (Å²) in [5.74, 6) is -2.82. The maximum atomic E-state index is 15.5. The van der Waals surface area contributed by atoms with Crippen LogP contribution in [0, 0.1) is 11.7 Å². The lowest BCUT2D eigenvalue weighted by Crippen LogP contribution is -2.52. The molecule has 4 amide bonds. The summed E-state index contributed by atoms with van der Waals surface area (Å²) in [4.78, 5) is 52.3. The first-order valence-corrected chi connectivity index (χ1v) is 15.8. The molecule has 2 aliphatic rings. The van der Waals surface area contributed by atoms with Crippen molar-refractivity contribution in [3.63, 3.8) is 0 Å². The Kier molecular flexibility index (Phi) is 11.9. The summed E-state index contributed by atoms with van der Waals surface area (Å²) in [6.45, 7) is 6.95. The molecule has 1 saturated heterocycles. The number of aromatic nitrogens is 2. The highest BCUT2D eigenvalue weighted by Crippen LogP contribution is 2.29. The lowest BCUT2D eigenvalue weighted by Gasteiger charge is -2.30. The van der Waals surface area contributed by atoms with E-state index in [0.717, 1.165) is 32.1 Å². The van der Waals surface area contributed by atoms with Crippen molar-refractivity contribution in [2.24, 2.45) is 5.92 Å². The zero-order valence-corrected chi connectivity index (χ0v) is 25.9. The van der Waals surface area contributed by atoms with Gasteiger partial charge >= 0.3 is 0 Å². The van der Waals surface area contributed by atoms with E-state index in [1.54, 1.807) is 36.9 Å². The summed E-state index contributed by atoms with van der Waals surface area (Å²) in [6.07, 6.45) is 7.65. The first-order valence-electron chi connectivity index (χ1n) is 15.8. The molecule has 2 heterocycles. The van der Waals surface area contributed by atoms with Gasteiger partial charge in [-0.1, -0.05) is 39.2 Å². The molecule has 3 atom stereocenters. The van der Waals surface area contributed by atoms with Crippen molar-refractivity contribution in [1.29, 1.82) is 0 Å². The number of nitrogens with zero attached hydrogens (tertiary/aromatic N) is 2. The lowest BCUT2D eigenvalue weighted by atomic mass is 9.83. The molecule has 1 saturated carbocycles. The van der Waals surface area contributed by atoms with Crippen LogP contribution in [0.25, 0.3) is 0 Å². The fourth-order valence-electron chi connectivity index (χ4n) is 6.00. The third-order valence-electron chi connectivity index (χ3n) is 8.70. The van der Waals surface area contributed by atoms with Crippen LogP contribution >= 0.6 is 0 Å². The molecule has 240 valence electrons. The molecule has 4 N–H and O–H groups in total. The molecule has 11 nitrogen and oxygen atoms in total. The molecule has 1 aromatic carbocycles. The second kappa shape index (κ2) is 15.8. The van der Waals surface area contributed by atoms with Crippen molar-refractivity contribution in [1.82, 2.24) is 25.7 Å². The normalized spacial score (nSPS) is 18.1. The molecule has 1 aliphatic carbocycles. The van der Waals surface area contributed by atoms with Crippen LogP contribution in [0.2, 0.25) is 0 Å². The van der Waals surface area contributed by atoms with Crippen LogP contribution in [0.4, 0.5) is 10.1 Å². The number of carbonyl (C=O) groups excluding carboxylic acids is 4. The van der Waals surface area contributed by atoms with E-state index in [9.17, 15) is 19.2 Å². The third kappa shape index (κ3) is 8.43. The van der Waals surface area contributed by atoms with Crippen LogP contribution in [0.1, 0.15) is 94.1 Å². The molecule has 0 spiro atoms. The fraction of sp³-hybridized carbons (Fsp3) is 0.594. The highest BCUT2D eigenvalue weighted by Gasteiger charge is 2.33. The Morgan fingerprint density at radius 3 is 2.39 bits per heavy atom. The van der Waals surface area contributed by atoms with Gasteiger partial charge in [-0.3, -0.25) is 23.9 Å². The first-order chi connectivity index (χ1) is 21.2. The van der Waals surface area contributed by atoms with Gasteiger partial charge in [0.05, 0.1) is 5.69 Å². The molecular weight excluding hydrogens is 567 g/mol. The van der Waals surface area contributed by atoms with Gasteiger partial charge in [0, 0.05) is 44.3 Å². The van der Waals surface area contributed by atoms with E-state index in [-0.39, 0.29) is 35.9 Å². The zero-order chi connectivity index (χ0) is 31.6. The molecule has 0 radical (unpaired) electrons. The molecule has 2 fully saturated rings. The Labute approximate surface area is 258 Å². The number of nitrogens with one attached hydrogen (secondary N) is 4. The van der Waals surface area contributed by atoms with Gasteiger partial charge in [-0.25, -0.2) is 4.39 Å². The van der Waals surface area contributed by atoms with Crippen molar-refractivity contribution in [2.75, 3.05) is 18.5 Å². The first kappa shape index (κ1) is 33.1. The second-order valence-corrected chi connectivity index (χ2v) is 11.7. The second-order valence-electron chi connectivity index (χ2n) is 11.7. The largest absolute Gasteiger partial charge is 0.381 e. The summed E-state index contributed by atoms with van der Waals surface area (Å²) in [6, 6.07) is 4.18. The van der Waals surface area contributed by atoms with E-state index in [1.807, 2.05) is 6.92 Å². The number of carbonyl (C=O) groups is 4. The predicted octanol–water partition coefficient (Wildman–Crippen LogP) is 3.65. The van der Waals surface area contributed by atoms with Gasteiger partial charge in [0.1, 0.15) is 23.6 Å². The van der Waals surface area contributed by atoms with Gasteiger partial charge < -0.3 is 26.0 Å². The maximum Gasteiger partial charge on any atom is 0.270 e. The third-order valence-corrected chi connectivity index (χ3v) is 8.70. The summed E-state index contributed by atoms with van der Waals surface area (Å²) in [7, 11) is 0. The molecule has 12 heteroatoms.